The van der Waals surface area contributed by atoms with Crippen molar-refractivity contribution in [1.82, 2.24) is 10.3 Å². The number of alkyl carbamates (subject to hydrolysis) is 1. The van der Waals surface area contributed by atoms with Gasteiger partial charge in [-0.1, -0.05) is 12.1 Å². The molecule has 0 aliphatic rings. The molecular weight excluding hydrogens is 541 g/mol. The van der Waals surface area contributed by atoms with Crippen LogP contribution in [-0.4, -0.2) is 21.8 Å². The molecule has 127 valence electrons. The molecule has 0 aliphatic carbocycles. The summed E-state index contributed by atoms with van der Waals surface area (Å²) >= 11 is 1.32. The Kier molecular flexibility index (Phi) is 7.97. The van der Waals surface area contributed by atoms with E-state index in [1.807, 2.05) is 26.2 Å². The van der Waals surface area contributed by atoms with Gasteiger partial charge in [0.1, 0.15) is 11.4 Å². The number of anilines is 1. The molecule has 0 saturated heterocycles. The Balaban J connectivity index is 0.00000288. The largest absolute Gasteiger partial charge is 0.508 e. The number of phenols is 1. The summed E-state index contributed by atoms with van der Waals surface area (Å²) in [6, 6.07) is 6.46. The third-order valence-corrected chi connectivity index (χ3v) is 3.66. The number of nitrogens with two attached hydrogens (primary N) is 1. The third-order valence-electron chi connectivity index (χ3n) is 2.96. The molecule has 1 atom stereocenters. The monoisotopic (exact) mass is 562 g/mol. The first kappa shape index (κ1) is 21.2. The van der Waals surface area contributed by atoms with E-state index < -0.39 is 11.7 Å². The first-order valence-corrected chi connectivity index (χ1v) is 8.09. The number of aromatic nitrogens is 1. The second-order valence-corrected chi connectivity index (χ2v) is 7.07. The average Bonchev–Trinajstić information content (AvgIpc) is 2.85. The van der Waals surface area contributed by atoms with Crippen LogP contribution in [0.25, 0.3) is 0 Å². The second kappa shape index (κ2) is 9.02. The van der Waals surface area contributed by atoms with Crippen LogP contribution >= 0.6 is 11.3 Å². The number of carbonyl (C=O) groups is 1. The maximum absolute atomic E-state index is 12.1. The summed E-state index contributed by atoms with van der Waals surface area (Å²) in [5, 5.41) is 14.5. The van der Waals surface area contributed by atoms with Gasteiger partial charge >= 0.3 is 6.09 Å². The van der Waals surface area contributed by atoms with Crippen LogP contribution < -0.4 is 11.1 Å². The molecule has 2 rings (SSSR count). The van der Waals surface area contributed by atoms with Crippen LogP contribution in [0, 0.1) is 44.1 Å². The summed E-state index contributed by atoms with van der Waals surface area (Å²) in [6.45, 7) is 5.42. The minimum atomic E-state index is -0.575. The van der Waals surface area contributed by atoms with Crippen LogP contribution in [0.3, 0.4) is 0 Å². The normalized spacial score (nSPS) is 12.1. The SMILES string of the molecule is CC(C)(C)OC(=O)N[C@@H](Cc1ccc(O)cc1)c1csc(N)n1.[Ac]. The molecule has 1 amide bonds. The fourth-order valence-corrected chi connectivity index (χ4v) is 2.62. The predicted octanol–water partition coefficient (Wildman–Crippen LogP) is 3.24. The van der Waals surface area contributed by atoms with Crippen molar-refractivity contribution >= 4 is 22.6 Å². The summed E-state index contributed by atoms with van der Waals surface area (Å²) in [5.41, 5.74) is 6.76. The number of nitrogens with one attached hydrogen (secondary N) is 1. The predicted molar refractivity (Wildman–Crippen MR) is 90.4 cm³/mol. The molecule has 0 aliphatic heterocycles. The standard InChI is InChI=1S/C16H21N3O3S.Ac/c1-16(2,3)22-15(21)19-12(13-9-23-14(17)18-13)8-10-4-6-11(20)7-5-10;/h4-7,9,12,20H,8H2,1-3H3,(H2,17,18)(H,19,21);/t12-;/m0./s1. The molecule has 0 spiro atoms. The summed E-state index contributed by atoms with van der Waals surface area (Å²) in [4.78, 5) is 16.3. The minimum Gasteiger partial charge on any atom is -0.508 e. The Labute approximate surface area is 181 Å². The molecule has 0 unspecified atom stereocenters. The van der Waals surface area contributed by atoms with Gasteiger partial charge in [-0.15, -0.1) is 11.3 Å². The summed E-state index contributed by atoms with van der Waals surface area (Å²) in [7, 11) is 0. The zero-order valence-corrected chi connectivity index (χ0v) is 19.5. The molecule has 0 saturated carbocycles. The number of nitrogens with zero attached hydrogens (tertiary/aromatic N) is 1. The molecule has 1 heterocycles. The number of hydrogen-bond donors (Lipinski definition) is 3. The smallest absolute Gasteiger partial charge is 0.408 e. The van der Waals surface area contributed by atoms with Crippen molar-refractivity contribution in [2.75, 3.05) is 5.73 Å². The number of carbonyl (C=O) groups excluding carboxylic acids is 1. The molecular formula is C16H21AcN3O3S. The van der Waals surface area contributed by atoms with E-state index >= 15 is 0 Å². The maximum atomic E-state index is 12.1. The molecule has 2 aromatic rings. The van der Waals surface area contributed by atoms with Crippen molar-refractivity contribution in [3.05, 3.63) is 40.9 Å². The Hall–Kier alpha value is -0.838. The molecule has 0 fully saturated rings. The van der Waals surface area contributed by atoms with Gasteiger partial charge in [-0.05, 0) is 44.9 Å². The summed E-state index contributed by atoms with van der Waals surface area (Å²) in [6.07, 6.45) is 0.00994. The Morgan fingerprint density at radius 3 is 2.50 bits per heavy atom. The Morgan fingerprint density at radius 1 is 1.38 bits per heavy atom. The number of aromatic hydroxyl groups is 1. The molecule has 4 N–H and O–H groups in total. The topological polar surface area (TPSA) is 97.5 Å². The van der Waals surface area contributed by atoms with Gasteiger partial charge < -0.3 is 20.9 Å². The number of thiazole rings is 1. The first-order valence-electron chi connectivity index (χ1n) is 7.21. The molecule has 0 bridgehead atoms. The maximum Gasteiger partial charge on any atom is 0.408 e. The van der Waals surface area contributed by atoms with Crippen LogP contribution in [-0.2, 0) is 11.2 Å². The number of phenolic OH excluding ortho intramolecular Hbond substituents is 1. The van der Waals surface area contributed by atoms with E-state index in [2.05, 4.69) is 10.3 Å². The van der Waals surface area contributed by atoms with E-state index in [-0.39, 0.29) is 55.9 Å². The van der Waals surface area contributed by atoms with Crippen molar-refractivity contribution in [1.29, 1.82) is 0 Å². The van der Waals surface area contributed by atoms with Crippen LogP contribution in [0.2, 0.25) is 0 Å². The zero-order chi connectivity index (χ0) is 17.0. The number of hydrogen-bond acceptors (Lipinski definition) is 6. The minimum absolute atomic E-state index is 0. The van der Waals surface area contributed by atoms with Gasteiger partial charge in [0.2, 0.25) is 0 Å². The summed E-state index contributed by atoms with van der Waals surface area (Å²) in [5.74, 6) is 0.198. The Bertz CT molecular complexity index is 668. The fraction of sp³-hybridized carbons (Fsp3) is 0.375. The second-order valence-electron chi connectivity index (χ2n) is 6.18. The van der Waals surface area contributed by atoms with Crippen molar-refractivity contribution < 1.29 is 58.7 Å². The van der Waals surface area contributed by atoms with Crippen molar-refractivity contribution in [3.8, 4) is 5.75 Å². The number of ether oxygens (including phenoxy) is 1. The molecule has 1 aromatic carbocycles. The van der Waals surface area contributed by atoms with Gasteiger partial charge in [0, 0.05) is 49.4 Å². The van der Waals surface area contributed by atoms with Crippen LogP contribution in [0.5, 0.6) is 5.75 Å². The van der Waals surface area contributed by atoms with Crippen LogP contribution in [0.1, 0.15) is 38.1 Å². The number of nitrogen functional groups attached to an aromatic ring is 1. The van der Waals surface area contributed by atoms with Gasteiger partial charge in [-0.3, -0.25) is 0 Å². The van der Waals surface area contributed by atoms with E-state index in [4.69, 9.17) is 10.5 Å². The van der Waals surface area contributed by atoms with Gasteiger partial charge in [-0.2, -0.15) is 0 Å². The molecule has 1 aromatic heterocycles. The van der Waals surface area contributed by atoms with Gasteiger partial charge in [0.05, 0.1) is 11.7 Å². The third kappa shape index (κ3) is 6.96. The fourth-order valence-electron chi connectivity index (χ4n) is 2.01. The zero-order valence-electron chi connectivity index (χ0n) is 13.9. The number of rotatable bonds is 4. The molecule has 1 radical (unpaired) electrons. The van der Waals surface area contributed by atoms with Gasteiger partial charge in [0.15, 0.2) is 5.13 Å². The van der Waals surface area contributed by atoms with E-state index in [9.17, 15) is 9.90 Å². The van der Waals surface area contributed by atoms with Crippen LogP contribution in [0.15, 0.2) is 29.6 Å². The van der Waals surface area contributed by atoms with Crippen molar-refractivity contribution in [2.24, 2.45) is 0 Å². The molecule has 24 heavy (non-hydrogen) atoms. The number of amides is 1. The van der Waals surface area contributed by atoms with E-state index in [1.165, 1.54) is 11.3 Å². The average molecular weight is 562 g/mol. The van der Waals surface area contributed by atoms with E-state index in [0.29, 0.717) is 17.2 Å². The van der Waals surface area contributed by atoms with Gasteiger partial charge in [0.25, 0.3) is 0 Å². The van der Waals surface area contributed by atoms with E-state index in [0.717, 1.165) is 5.56 Å². The Morgan fingerprint density at radius 2 is 2.00 bits per heavy atom. The van der Waals surface area contributed by atoms with E-state index in [1.54, 1.807) is 24.3 Å². The van der Waals surface area contributed by atoms with Gasteiger partial charge in [-0.25, -0.2) is 9.78 Å². The first-order chi connectivity index (χ1) is 10.7. The number of benzene rings is 1. The quantitative estimate of drug-likeness (QED) is 0.532. The van der Waals surface area contributed by atoms with Crippen molar-refractivity contribution in [2.45, 2.75) is 38.8 Å². The molecule has 8 heteroatoms. The molecule has 6 nitrogen and oxygen atoms in total. The van der Waals surface area contributed by atoms with Crippen LogP contribution in [0.4, 0.5) is 9.93 Å². The van der Waals surface area contributed by atoms with Crippen molar-refractivity contribution in [3.63, 3.8) is 0 Å². The summed E-state index contributed by atoms with van der Waals surface area (Å²) < 4.78 is 5.31.